The second-order valence-electron chi connectivity index (χ2n) is 5.37. The number of amides is 1. The van der Waals surface area contributed by atoms with Crippen LogP contribution in [0, 0.1) is 29.6 Å². The fourth-order valence-electron chi connectivity index (χ4n) is 2.39. The molecule has 2 rings (SSSR count). The Morgan fingerprint density at radius 2 is 1.88 bits per heavy atom. The Kier molecular flexibility index (Phi) is 6.08. The van der Waals surface area contributed by atoms with Gasteiger partial charge in [-0.25, -0.2) is 9.36 Å². The van der Waals surface area contributed by atoms with Gasteiger partial charge in [0.05, 0.1) is 25.0 Å². The minimum Gasteiger partial charge on any atom is -0.339 e. The summed E-state index contributed by atoms with van der Waals surface area (Å²) in [7, 11) is 0. The van der Waals surface area contributed by atoms with Gasteiger partial charge in [-0.1, -0.05) is 29.4 Å². The summed E-state index contributed by atoms with van der Waals surface area (Å²) in [5.74, 6) is -0.824. The van der Waals surface area contributed by atoms with Gasteiger partial charge in [-0.05, 0) is 12.5 Å². The first-order valence-electron chi connectivity index (χ1n) is 7.72. The standard InChI is InChI=1S/C17H17N5O3/c1-13-6-2-3-7-14(13)16-20-25-17(24)22(16)12-15(23)21(10-4-8-18)11-5-9-19/h2-3,6-7H,4-5,10-12H2,1H3. The second-order valence-corrected chi connectivity index (χ2v) is 5.37. The molecule has 0 saturated heterocycles. The molecule has 0 spiro atoms. The van der Waals surface area contributed by atoms with Crippen molar-refractivity contribution < 1.29 is 9.32 Å². The normalized spacial score (nSPS) is 10.0. The molecule has 2 aromatic rings. The summed E-state index contributed by atoms with van der Waals surface area (Å²) in [6, 6.07) is 11.3. The summed E-state index contributed by atoms with van der Waals surface area (Å²) in [5, 5.41) is 21.2. The Morgan fingerprint density at radius 1 is 1.24 bits per heavy atom. The van der Waals surface area contributed by atoms with E-state index in [0.29, 0.717) is 5.56 Å². The number of carbonyl (C=O) groups excluding carboxylic acids is 1. The van der Waals surface area contributed by atoms with Crippen LogP contribution < -0.4 is 5.76 Å². The average Bonchev–Trinajstić information content (AvgIpc) is 2.96. The van der Waals surface area contributed by atoms with E-state index < -0.39 is 5.76 Å². The average molecular weight is 339 g/mol. The minimum atomic E-state index is -0.730. The quantitative estimate of drug-likeness (QED) is 0.754. The number of aryl methyl sites for hydroxylation is 1. The summed E-state index contributed by atoms with van der Waals surface area (Å²) in [4.78, 5) is 25.9. The van der Waals surface area contributed by atoms with Gasteiger partial charge in [-0.3, -0.25) is 9.32 Å². The monoisotopic (exact) mass is 339 g/mol. The number of nitrogens with zero attached hydrogens (tertiary/aromatic N) is 5. The van der Waals surface area contributed by atoms with Gasteiger partial charge in [0.15, 0.2) is 5.82 Å². The maximum absolute atomic E-state index is 12.5. The molecule has 1 aromatic heterocycles. The van der Waals surface area contributed by atoms with E-state index >= 15 is 0 Å². The maximum atomic E-state index is 12.5. The molecule has 0 N–H and O–H groups in total. The van der Waals surface area contributed by atoms with Crippen LogP contribution in [0.5, 0.6) is 0 Å². The van der Waals surface area contributed by atoms with E-state index in [1.54, 1.807) is 12.1 Å². The van der Waals surface area contributed by atoms with E-state index in [-0.39, 0.29) is 44.2 Å². The van der Waals surface area contributed by atoms with Gasteiger partial charge in [-0.2, -0.15) is 10.5 Å². The van der Waals surface area contributed by atoms with E-state index in [9.17, 15) is 9.59 Å². The van der Waals surface area contributed by atoms with Gasteiger partial charge >= 0.3 is 5.76 Å². The lowest BCUT2D eigenvalue weighted by Gasteiger charge is -2.20. The van der Waals surface area contributed by atoms with Crippen molar-refractivity contribution in [2.24, 2.45) is 0 Å². The maximum Gasteiger partial charge on any atom is 0.442 e. The number of rotatable bonds is 7. The fourth-order valence-corrected chi connectivity index (χ4v) is 2.39. The molecule has 8 heteroatoms. The molecule has 0 bridgehead atoms. The Hall–Kier alpha value is -3.39. The van der Waals surface area contributed by atoms with Crippen LogP contribution in [0.1, 0.15) is 18.4 Å². The van der Waals surface area contributed by atoms with Crippen LogP contribution in [0.25, 0.3) is 11.4 Å². The zero-order valence-electron chi connectivity index (χ0n) is 13.8. The van der Waals surface area contributed by atoms with Crippen molar-refractivity contribution in [3.8, 4) is 23.5 Å². The molecule has 0 unspecified atom stereocenters. The molecule has 0 aliphatic rings. The van der Waals surface area contributed by atoms with Crippen molar-refractivity contribution >= 4 is 5.91 Å². The van der Waals surface area contributed by atoms with Gasteiger partial charge < -0.3 is 4.90 Å². The topological polar surface area (TPSA) is 116 Å². The van der Waals surface area contributed by atoms with Crippen molar-refractivity contribution in [3.05, 3.63) is 40.4 Å². The third-order valence-corrected chi connectivity index (χ3v) is 3.71. The molecule has 1 aromatic carbocycles. The molecule has 128 valence electrons. The summed E-state index contributed by atoms with van der Waals surface area (Å²) in [6.07, 6.45) is 0.306. The molecule has 0 fully saturated rings. The van der Waals surface area contributed by atoms with Crippen LogP contribution in [0.3, 0.4) is 0 Å². The SMILES string of the molecule is Cc1ccccc1-c1noc(=O)n1CC(=O)N(CCC#N)CCC#N. The number of hydrogen-bond donors (Lipinski definition) is 0. The molecule has 25 heavy (non-hydrogen) atoms. The highest BCUT2D eigenvalue weighted by molar-refractivity contribution is 5.77. The first-order valence-corrected chi connectivity index (χ1v) is 7.72. The third kappa shape index (κ3) is 4.33. The van der Waals surface area contributed by atoms with E-state index in [1.807, 2.05) is 31.2 Å². The van der Waals surface area contributed by atoms with Gasteiger partial charge in [0.1, 0.15) is 6.54 Å². The van der Waals surface area contributed by atoms with Crippen molar-refractivity contribution in [1.82, 2.24) is 14.6 Å². The van der Waals surface area contributed by atoms with Crippen molar-refractivity contribution in [1.29, 1.82) is 10.5 Å². The Bertz CT molecular complexity index is 867. The van der Waals surface area contributed by atoms with Crippen molar-refractivity contribution in [2.45, 2.75) is 26.3 Å². The molecule has 1 heterocycles. The van der Waals surface area contributed by atoms with Crippen LogP contribution in [0.2, 0.25) is 0 Å². The summed E-state index contributed by atoms with van der Waals surface area (Å²) in [6.45, 7) is 2.02. The number of hydrogen-bond acceptors (Lipinski definition) is 6. The Morgan fingerprint density at radius 3 is 2.48 bits per heavy atom. The number of carbonyl (C=O) groups is 1. The first kappa shape index (κ1) is 18.0. The van der Waals surface area contributed by atoms with E-state index in [4.69, 9.17) is 15.0 Å². The van der Waals surface area contributed by atoms with Gasteiger partial charge in [-0.15, -0.1) is 0 Å². The predicted octanol–water partition coefficient (Wildman–Crippen LogP) is 1.47. The molecule has 0 atom stereocenters. The van der Waals surface area contributed by atoms with Crippen molar-refractivity contribution in [2.75, 3.05) is 13.1 Å². The third-order valence-electron chi connectivity index (χ3n) is 3.71. The van der Waals surface area contributed by atoms with Crippen molar-refractivity contribution in [3.63, 3.8) is 0 Å². The van der Waals surface area contributed by atoms with Gasteiger partial charge in [0, 0.05) is 18.7 Å². The van der Waals surface area contributed by atoms with Crippen LogP contribution in [0.4, 0.5) is 0 Å². The highest BCUT2D eigenvalue weighted by Crippen LogP contribution is 2.20. The van der Waals surface area contributed by atoms with E-state index in [0.717, 1.165) is 10.1 Å². The molecular formula is C17H17N5O3. The summed E-state index contributed by atoms with van der Waals surface area (Å²) in [5.41, 5.74) is 1.59. The van der Waals surface area contributed by atoms with E-state index in [1.165, 1.54) is 4.90 Å². The molecule has 0 saturated carbocycles. The van der Waals surface area contributed by atoms with E-state index in [2.05, 4.69) is 5.16 Å². The summed E-state index contributed by atoms with van der Waals surface area (Å²) < 4.78 is 5.89. The van der Waals surface area contributed by atoms with Crippen LogP contribution in [-0.2, 0) is 11.3 Å². The van der Waals surface area contributed by atoms with Crippen LogP contribution >= 0.6 is 0 Å². The van der Waals surface area contributed by atoms with Gasteiger partial charge in [0.2, 0.25) is 5.91 Å². The molecule has 0 radical (unpaired) electrons. The Labute approximate surface area is 144 Å². The fraction of sp³-hybridized carbons (Fsp3) is 0.353. The van der Waals surface area contributed by atoms with Crippen LogP contribution in [0.15, 0.2) is 33.6 Å². The molecule has 1 amide bonds. The lowest BCUT2D eigenvalue weighted by Crippen LogP contribution is -2.37. The lowest BCUT2D eigenvalue weighted by atomic mass is 10.1. The molecule has 8 nitrogen and oxygen atoms in total. The predicted molar refractivity (Wildman–Crippen MR) is 88.0 cm³/mol. The highest BCUT2D eigenvalue weighted by atomic mass is 16.5. The molecular weight excluding hydrogens is 322 g/mol. The molecule has 0 aliphatic heterocycles. The second kappa shape index (κ2) is 8.46. The summed E-state index contributed by atoms with van der Waals surface area (Å²) >= 11 is 0. The number of benzene rings is 1. The zero-order chi connectivity index (χ0) is 18.2. The smallest absolute Gasteiger partial charge is 0.339 e. The lowest BCUT2D eigenvalue weighted by molar-refractivity contribution is -0.131. The Balaban J connectivity index is 2.27. The van der Waals surface area contributed by atoms with Crippen LogP contribution in [-0.4, -0.2) is 33.6 Å². The van der Waals surface area contributed by atoms with Gasteiger partial charge in [0.25, 0.3) is 0 Å². The number of aromatic nitrogens is 2. The first-order chi connectivity index (χ1) is 12.1. The minimum absolute atomic E-state index is 0.153. The molecule has 0 aliphatic carbocycles. The zero-order valence-corrected chi connectivity index (χ0v) is 13.8. The highest BCUT2D eigenvalue weighted by Gasteiger charge is 2.20. The number of nitriles is 2. The largest absolute Gasteiger partial charge is 0.442 e.